The molecule has 6 heteroatoms. The van der Waals surface area contributed by atoms with E-state index in [-0.39, 0.29) is 0 Å². The number of rotatable bonds is 0. The SMILES string of the molecule is C1CCC2=NCCCN2CC1.C1CCN2CCCN=C2C1.C1CN=C2CCCN2C1. The maximum absolute atomic E-state index is 4.55. The van der Waals surface area contributed by atoms with Crippen LogP contribution < -0.4 is 0 Å². The summed E-state index contributed by atoms with van der Waals surface area (Å²) >= 11 is 0. The number of aliphatic imine (C=N–C) groups is 3. The minimum absolute atomic E-state index is 1.08. The molecule has 3 fully saturated rings. The lowest BCUT2D eigenvalue weighted by Gasteiger charge is -2.32. The molecule has 0 saturated carbocycles. The summed E-state index contributed by atoms with van der Waals surface area (Å²) in [6.07, 6.45) is 15.7. The van der Waals surface area contributed by atoms with Crippen LogP contribution in [0.2, 0.25) is 0 Å². The lowest BCUT2D eigenvalue weighted by molar-refractivity contribution is 0.350. The van der Waals surface area contributed by atoms with E-state index in [2.05, 4.69) is 29.7 Å². The first-order valence-corrected chi connectivity index (χ1v) is 12.7. The Morgan fingerprint density at radius 3 is 1.27 bits per heavy atom. The van der Waals surface area contributed by atoms with Gasteiger partial charge in [0.25, 0.3) is 0 Å². The van der Waals surface area contributed by atoms with Crippen molar-refractivity contribution < 1.29 is 0 Å². The molecule has 30 heavy (non-hydrogen) atoms. The second kappa shape index (κ2) is 11.7. The van der Waals surface area contributed by atoms with Crippen molar-refractivity contribution in [3.63, 3.8) is 0 Å². The van der Waals surface area contributed by atoms with E-state index >= 15 is 0 Å². The van der Waals surface area contributed by atoms with Gasteiger partial charge in [-0.1, -0.05) is 6.42 Å². The van der Waals surface area contributed by atoms with Crippen LogP contribution in [0.5, 0.6) is 0 Å². The Labute approximate surface area is 183 Å². The number of amidine groups is 3. The number of fused-ring (bicyclic) bond motifs is 3. The summed E-state index contributed by atoms with van der Waals surface area (Å²) < 4.78 is 0. The van der Waals surface area contributed by atoms with Gasteiger partial charge in [-0.3, -0.25) is 15.0 Å². The summed E-state index contributed by atoms with van der Waals surface area (Å²) in [4.78, 5) is 20.8. The van der Waals surface area contributed by atoms with E-state index in [1.165, 1.54) is 134 Å². The Bertz CT molecular complexity index is 625. The molecule has 0 spiro atoms. The zero-order valence-corrected chi connectivity index (χ0v) is 19.0. The van der Waals surface area contributed by atoms with Gasteiger partial charge in [0.2, 0.25) is 0 Å². The summed E-state index contributed by atoms with van der Waals surface area (Å²) in [6, 6.07) is 0. The lowest BCUT2D eigenvalue weighted by atomic mass is 10.1. The predicted octanol–water partition coefficient (Wildman–Crippen LogP) is 3.82. The van der Waals surface area contributed by atoms with E-state index in [4.69, 9.17) is 0 Å². The van der Waals surface area contributed by atoms with Gasteiger partial charge in [0.05, 0.1) is 17.5 Å². The van der Waals surface area contributed by atoms with Crippen molar-refractivity contribution in [2.45, 2.75) is 77.0 Å². The normalized spacial score (nSPS) is 25.6. The molecule has 0 aromatic heterocycles. The van der Waals surface area contributed by atoms with Crippen LogP contribution in [-0.4, -0.2) is 91.1 Å². The third-order valence-electron chi connectivity index (χ3n) is 6.97. The predicted molar refractivity (Wildman–Crippen MR) is 127 cm³/mol. The molecule has 6 aliphatic heterocycles. The fourth-order valence-corrected chi connectivity index (χ4v) is 5.31. The van der Waals surface area contributed by atoms with Gasteiger partial charge >= 0.3 is 0 Å². The largest absolute Gasteiger partial charge is 0.360 e. The Morgan fingerprint density at radius 1 is 0.367 bits per heavy atom. The number of hydrogen-bond donors (Lipinski definition) is 0. The van der Waals surface area contributed by atoms with Crippen LogP contribution in [0, 0.1) is 0 Å². The highest BCUT2D eigenvalue weighted by molar-refractivity contribution is 5.84. The van der Waals surface area contributed by atoms with Crippen LogP contribution in [0.25, 0.3) is 0 Å². The third kappa shape index (κ3) is 6.21. The van der Waals surface area contributed by atoms with E-state index in [9.17, 15) is 0 Å². The van der Waals surface area contributed by atoms with Crippen LogP contribution in [0.1, 0.15) is 77.0 Å². The molecule has 0 radical (unpaired) electrons. The molecule has 0 unspecified atom stereocenters. The van der Waals surface area contributed by atoms with Crippen molar-refractivity contribution in [2.24, 2.45) is 15.0 Å². The average Bonchev–Trinajstić information content (AvgIpc) is 3.17. The lowest BCUT2D eigenvalue weighted by Crippen LogP contribution is -2.39. The molecule has 0 aliphatic carbocycles. The van der Waals surface area contributed by atoms with E-state index in [1.807, 2.05) is 0 Å². The fourth-order valence-electron chi connectivity index (χ4n) is 5.31. The van der Waals surface area contributed by atoms with Gasteiger partial charge in [0.15, 0.2) is 0 Å². The maximum Gasteiger partial charge on any atom is 0.0989 e. The molecule has 0 amide bonds. The van der Waals surface area contributed by atoms with E-state index in [0.29, 0.717) is 0 Å². The summed E-state index contributed by atoms with van der Waals surface area (Å²) in [5.74, 6) is 4.16. The Morgan fingerprint density at radius 2 is 0.733 bits per heavy atom. The highest BCUT2D eigenvalue weighted by atomic mass is 15.2. The average molecular weight is 415 g/mol. The first-order valence-electron chi connectivity index (χ1n) is 12.7. The van der Waals surface area contributed by atoms with Gasteiger partial charge in [-0.2, -0.15) is 0 Å². The van der Waals surface area contributed by atoms with Crippen LogP contribution >= 0.6 is 0 Å². The molecular formula is C24H42N6. The Hall–Kier alpha value is -1.59. The standard InChI is InChI=1S/C9H16N2.C8H14N2.C7H12N2/c1-2-5-9-10-6-4-8-11(9)7-3-1;1-2-6-10-7-3-5-9-8(10)4-1;1-3-7-8-4-2-6-9(7)5-1/h1-8H2;1-7H2;1-6H2. The Kier molecular flexibility index (Phi) is 8.44. The van der Waals surface area contributed by atoms with Gasteiger partial charge in [-0.25, -0.2) is 0 Å². The highest BCUT2D eigenvalue weighted by Gasteiger charge is 2.20. The number of piperidine rings is 1. The molecule has 0 bridgehead atoms. The smallest absolute Gasteiger partial charge is 0.0989 e. The van der Waals surface area contributed by atoms with Gasteiger partial charge in [-0.05, 0) is 51.4 Å². The van der Waals surface area contributed by atoms with Crippen molar-refractivity contribution in [2.75, 3.05) is 58.9 Å². The zero-order chi connectivity index (χ0) is 20.4. The number of nitrogens with zero attached hydrogens (tertiary/aromatic N) is 6. The second-order valence-corrected chi connectivity index (χ2v) is 9.29. The first kappa shape index (κ1) is 21.6. The van der Waals surface area contributed by atoms with E-state index in [0.717, 1.165) is 19.6 Å². The molecule has 0 atom stereocenters. The summed E-state index contributed by atoms with van der Waals surface area (Å²) in [5, 5.41) is 0. The van der Waals surface area contributed by atoms with Crippen molar-refractivity contribution in [1.82, 2.24) is 14.7 Å². The minimum atomic E-state index is 1.08. The highest BCUT2D eigenvalue weighted by Crippen LogP contribution is 2.17. The molecule has 6 aliphatic rings. The van der Waals surface area contributed by atoms with Gasteiger partial charge < -0.3 is 14.7 Å². The molecule has 6 rings (SSSR count). The quantitative estimate of drug-likeness (QED) is 0.605. The number of hydrogen-bond acceptors (Lipinski definition) is 6. The van der Waals surface area contributed by atoms with Crippen LogP contribution in [0.3, 0.4) is 0 Å². The maximum atomic E-state index is 4.55. The molecule has 0 aromatic rings. The molecule has 3 saturated heterocycles. The van der Waals surface area contributed by atoms with E-state index in [1.54, 1.807) is 0 Å². The minimum Gasteiger partial charge on any atom is -0.360 e. The fraction of sp³-hybridized carbons (Fsp3) is 0.875. The molecule has 6 nitrogen and oxygen atoms in total. The first-order chi connectivity index (χ1) is 14.9. The van der Waals surface area contributed by atoms with Crippen LogP contribution in [0.15, 0.2) is 15.0 Å². The van der Waals surface area contributed by atoms with Gasteiger partial charge in [0.1, 0.15) is 0 Å². The molecule has 0 N–H and O–H groups in total. The summed E-state index contributed by atoms with van der Waals surface area (Å²) in [7, 11) is 0. The monoisotopic (exact) mass is 414 g/mol. The van der Waals surface area contributed by atoms with Crippen molar-refractivity contribution in [1.29, 1.82) is 0 Å². The third-order valence-corrected chi connectivity index (χ3v) is 6.97. The van der Waals surface area contributed by atoms with Crippen molar-refractivity contribution in [3.8, 4) is 0 Å². The molecular weight excluding hydrogens is 372 g/mol. The molecule has 168 valence electrons. The van der Waals surface area contributed by atoms with Crippen LogP contribution in [-0.2, 0) is 0 Å². The zero-order valence-electron chi connectivity index (χ0n) is 19.0. The van der Waals surface area contributed by atoms with E-state index < -0.39 is 0 Å². The summed E-state index contributed by atoms with van der Waals surface area (Å²) in [5.41, 5.74) is 0. The second-order valence-electron chi connectivity index (χ2n) is 9.29. The topological polar surface area (TPSA) is 46.8 Å². The van der Waals surface area contributed by atoms with Crippen molar-refractivity contribution >= 4 is 17.5 Å². The Balaban J connectivity index is 0.000000109. The molecule has 0 aromatic carbocycles. The summed E-state index contributed by atoms with van der Waals surface area (Å²) in [6.45, 7) is 10.8. The van der Waals surface area contributed by atoms with Crippen LogP contribution in [0.4, 0.5) is 0 Å². The van der Waals surface area contributed by atoms with Gasteiger partial charge in [0, 0.05) is 78.2 Å². The van der Waals surface area contributed by atoms with Crippen molar-refractivity contribution in [3.05, 3.63) is 0 Å². The van der Waals surface area contributed by atoms with Gasteiger partial charge in [-0.15, -0.1) is 0 Å². The molecule has 6 heterocycles.